The summed E-state index contributed by atoms with van der Waals surface area (Å²) in [4.78, 5) is 0.377. The summed E-state index contributed by atoms with van der Waals surface area (Å²) >= 11 is 0. The van der Waals surface area contributed by atoms with Crippen molar-refractivity contribution in [2.75, 3.05) is 13.1 Å². The van der Waals surface area contributed by atoms with E-state index in [9.17, 15) is 13.5 Å². The molecule has 1 aromatic carbocycles. The maximum Gasteiger partial charge on any atom is 0.243 e. The molecule has 1 unspecified atom stereocenters. The summed E-state index contributed by atoms with van der Waals surface area (Å²) in [7, 11) is -3.43. The Hall–Kier alpha value is -0.910. The molecule has 2 aliphatic rings. The largest absolute Gasteiger partial charge is 0.392 e. The smallest absolute Gasteiger partial charge is 0.243 e. The fraction of sp³-hybridized carbons (Fsp3) is 0.571. The van der Waals surface area contributed by atoms with Gasteiger partial charge in [-0.25, -0.2) is 8.42 Å². The molecule has 5 heteroatoms. The Labute approximate surface area is 114 Å². The van der Waals surface area contributed by atoms with Crippen molar-refractivity contribution in [1.82, 2.24) is 4.31 Å². The zero-order valence-corrected chi connectivity index (χ0v) is 11.7. The molecule has 0 spiro atoms. The Bertz CT molecular complexity index is 582. The molecule has 0 bridgehead atoms. The van der Waals surface area contributed by atoms with Crippen molar-refractivity contribution in [2.24, 2.45) is 0 Å². The van der Waals surface area contributed by atoms with E-state index < -0.39 is 16.1 Å². The molecular weight excluding hydrogens is 262 g/mol. The van der Waals surface area contributed by atoms with Gasteiger partial charge in [0.25, 0.3) is 0 Å². The second kappa shape index (κ2) is 4.89. The van der Waals surface area contributed by atoms with Crippen LogP contribution in [0.3, 0.4) is 0 Å². The van der Waals surface area contributed by atoms with Gasteiger partial charge in [0.1, 0.15) is 0 Å². The highest BCUT2D eigenvalue weighted by Gasteiger charge is 2.31. The van der Waals surface area contributed by atoms with Crippen LogP contribution < -0.4 is 0 Å². The van der Waals surface area contributed by atoms with Crippen molar-refractivity contribution in [3.63, 3.8) is 0 Å². The monoisotopic (exact) mass is 281 g/mol. The fourth-order valence-electron chi connectivity index (χ4n) is 2.95. The molecule has 0 amide bonds. The summed E-state index contributed by atoms with van der Waals surface area (Å²) in [6, 6.07) is 5.49. The molecule has 0 radical (unpaired) electrons. The van der Waals surface area contributed by atoms with Gasteiger partial charge in [0.2, 0.25) is 10.0 Å². The lowest BCUT2D eigenvalue weighted by molar-refractivity contribution is 0.189. The molecule has 1 atom stereocenters. The SMILES string of the molecule is O=S(=O)(c1ccc2c(c1)CCCC2)N1CCC(O)C1. The van der Waals surface area contributed by atoms with Gasteiger partial charge in [-0.05, 0) is 55.4 Å². The van der Waals surface area contributed by atoms with Gasteiger partial charge >= 0.3 is 0 Å². The van der Waals surface area contributed by atoms with Crippen molar-refractivity contribution < 1.29 is 13.5 Å². The Kier molecular flexibility index (Phi) is 3.37. The topological polar surface area (TPSA) is 57.6 Å². The van der Waals surface area contributed by atoms with Crippen LogP contribution >= 0.6 is 0 Å². The van der Waals surface area contributed by atoms with Crippen molar-refractivity contribution in [3.8, 4) is 0 Å². The average Bonchev–Trinajstić information content (AvgIpc) is 2.85. The minimum Gasteiger partial charge on any atom is -0.392 e. The van der Waals surface area contributed by atoms with E-state index in [-0.39, 0.29) is 6.54 Å². The number of aliphatic hydroxyl groups excluding tert-OH is 1. The van der Waals surface area contributed by atoms with E-state index in [1.807, 2.05) is 12.1 Å². The summed E-state index contributed by atoms with van der Waals surface area (Å²) in [5.74, 6) is 0. The predicted molar refractivity (Wildman–Crippen MR) is 72.5 cm³/mol. The molecule has 1 fully saturated rings. The Morgan fingerprint density at radius 3 is 2.58 bits per heavy atom. The maximum atomic E-state index is 12.5. The van der Waals surface area contributed by atoms with Gasteiger partial charge in [-0.2, -0.15) is 4.31 Å². The molecule has 0 aromatic heterocycles. The highest BCUT2D eigenvalue weighted by Crippen LogP contribution is 2.27. The first-order valence-corrected chi connectivity index (χ1v) is 8.31. The molecule has 4 nitrogen and oxygen atoms in total. The third-order valence-electron chi connectivity index (χ3n) is 4.08. The Morgan fingerprint density at radius 1 is 1.16 bits per heavy atom. The third kappa shape index (κ3) is 2.42. The third-order valence-corrected chi connectivity index (χ3v) is 5.94. The molecule has 19 heavy (non-hydrogen) atoms. The molecule has 1 aromatic rings. The molecule has 1 heterocycles. The molecule has 1 aliphatic heterocycles. The standard InChI is InChI=1S/C14H19NO3S/c16-13-7-8-15(10-13)19(17,18)14-6-5-11-3-1-2-4-12(11)9-14/h5-6,9,13,16H,1-4,7-8,10H2. The van der Waals surface area contributed by atoms with E-state index in [1.165, 1.54) is 21.9 Å². The normalized spacial score (nSPS) is 24.4. The van der Waals surface area contributed by atoms with E-state index in [4.69, 9.17) is 0 Å². The van der Waals surface area contributed by atoms with Crippen LogP contribution in [-0.2, 0) is 22.9 Å². The van der Waals surface area contributed by atoms with Crippen LogP contribution in [0.1, 0.15) is 30.4 Å². The number of aliphatic hydroxyl groups is 1. The quantitative estimate of drug-likeness (QED) is 0.889. The number of benzene rings is 1. The van der Waals surface area contributed by atoms with Gasteiger partial charge in [-0.3, -0.25) is 0 Å². The summed E-state index contributed by atoms with van der Waals surface area (Å²) in [5, 5.41) is 9.50. The van der Waals surface area contributed by atoms with Gasteiger partial charge in [0.05, 0.1) is 11.0 Å². The molecule has 1 N–H and O–H groups in total. The van der Waals surface area contributed by atoms with Crippen LogP contribution in [0, 0.1) is 0 Å². The molecule has 3 rings (SSSR count). The van der Waals surface area contributed by atoms with Crippen LogP contribution in [-0.4, -0.2) is 37.0 Å². The second-order valence-corrected chi connectivity index (χ2v) is 7.38. The number of sulfonamides is 1. The summed E-state index contributed by atoms with van der Waals surface area (Å²) < 4.78 is 26.4. The van der Waals surface area contributed by atoms with Crippen LogP contribution in [0.5, 0.6) is 0 Å². The van der Waals surface area contributed by atoms with Crippen LogP contribution in [0.15, 0.2) is 23.1 Å². The minimum absolute atomic E-state index is 0.222. The van der Waals surface area contributed by atoms with Crippen LogP contribution in [0.4, 0.5) is 0 Å². The first-order valence-electron chi connectivity index (χ1n) is 6.87. The zero-order chi connectivity index (χ0) is 13.5. The lowest BCUT2D eigenvalue weighted by Gasteiger charge is -2.19. The minimum atomic E-state index is -3.43. The first-order chi connectivity index (χ1) is 9.07. The van der Waals surface area contributed by atoms with Crippen molar-refractivity contribution in [3.05, 3.63) is 29.3 Å². The number of β-amino-alcohol motifs (C(OH)–C–C–N with tert-alkyl or cyclic N) is 1. The molecule has 104 valence electrons. The van der Waals surface area contributed by atoms with Gasteiger partial charge < -0.3 is 5.11 Å². The average molecular weight is 281 g/mol. The number of fused-ring (bicyclic) bond motifs is 1. The Morgan fingerprint density at radius 2 is 1.89 bits per heavy atom. The molecular formula is C14H19NO3S. The van der Waals surface area contributed by atoms with E-state index >= 15 is 0 Å². The predicted octanol–water partition coefficient (Wildman–Crippen LogP) is 1.32. The van der Waals surface area contributed by atoms with Crippen molar-refractivity contribution in [2.45, 2.75) is 43.1 Å². The van der Waals surface area contributed by atoms with Crippen molar-refractivity contribution >= 4 is 10.0 Å². The summed E-state index contributed by atoms with van der Waals surface area (Å²) in [6.07, 6.45) is 4.37. The van der Waals surface area contributed by atoms with Crippen molar-refractivity contribution in [1.29, 1.82) is 0 Å². The van der Waals surface area contributed by atoms with Gasteiger partial charge in [0.15, 0.2) is 0 Å². The summed E-state index contributed by atoms with van der Waals surface area (Å²) in [6.45, 7) is 0.639. The number of hydrogen-bond donors (Lipinski definition) is 1. The number of rotatable bonds is 2. The van der Waals surface area contributed by atoms with E-state index in [0.717, 1.165) is 19.3 Å². The second-order valence-electron chi connectivity index (χ2n) is 5.44. The number of aryl methyl sites for hydroxylation is 2. The van der Waals surface area contributed by atoms with E-state index in [0.29, 0.717) is 17.9 Å². The fourth-order valence-corrected chi connectivity index (χ4v) is 4.49. The summed E-state index contributed by atoms with van der Waals surface area (Å²) in [5.41, 5.74) is 2.46. The maximum absolute atomic E-state index is 12.5. The lowest BCUT2D eigenvalue weighted by atomic mass is 9.92. The van der Waals surface area contributed by atoms with Gasteiger partial charge in [-0.1, -0.05) is 6.07 Å². The highest BCUT2D eigenvalue weighted by molar-refractivity contribution is 7.89. The van der Waals surface area contributed by atoms with Gasteiger partial charge in [0, 0.05) is 13.1 Å². The van der Waals surface area contributed by atoms with E-state index in [2.05, 4.69) is 0 Å². The van der Waals surface area contributed by atoms with Gasteiger partial charge in [-0.15, -0.1) is 0 Å². The highest BCUT2D eigenvalue weighted by atomic mass is 32.2. The number of hydrogen-bond acceptors (Lipinski definition) is 3. The van der Waals surface area contributed by atoms with Crippen LogP contribution in [0.2, 0.25) is 0 Å². The number of nitrogens with zero attached hydrogens (tertiary/aromatic N) is 1. The van der Waals surface area contributed by atoms with E-state index in [1.54, 1.807) is 6.07 Å². The lowest BCUT2D eigenvalue weighted by Crippen LogP contribution is -2.29. The Balaban J connectivity index is 1.93. The molecule has 0 saturated carbocycles. The molecule has 1 aliphatic carbocycles. The first kappa shape index (κ1) is 13.1. The van der Waals surface area contributed by atoms with Crippen LogP contribution in [0.25, 0.3) is 0 Å². The molecule has 1 saturated heterocycles. The zero-order valence-electron chi connectivity index (χ0n) is 10.9.